The van der Waals surface area contributed by atoms with E-state index in [1.54, 1.807) is 0 Å². The maximum absolute atomic E-state index is 3.58. The summed E-state index contributed by atoms with van der Waals surface area (Å²) >= 11 is 0. The SMILES string of the molecule is CCNC1CCN(CC(C(C)C)C(C)C)CC1. The van der Waals surface area contributed by atoms with Gasteiger partial charge in [-0.15, -0.1) is 0 Å². The van der Waals surface area contributed by atoms with E-state index in [9.17, 15) is 0 Å². The molecule has 0 saturated carbocycles. The summed E-state index contributed by atoms with van der Waals surface area (Å²) < 4.78 is 0. The first kappa shape index (κ1) is 15.0. The first-order valence-corrected chi connectivity index (χ1v) is 7.50. The zero-order chi connectivity index (χ0) is 12.8. The van der Waals surface area contributed by atoms with E-state index in [-0.39, 0.29) is 0 Å². The molecule has 0 aromatic heterocycles. The van der Waals surface area contributed by atoms with Crippen molar-refractivity contribution in [1.82, 2.24) is 10.2 Å². The quantitative estimate of drug-likeness (QED) is 0.768. The van der Waals surface area contributed by atoms with E-state index in [0.717, 1.165) is 30.3 Å². The largest absolute Gasteiger partial charge is 0.314 e. The Labute approximate surface area is 108 Å². The molecule has 1 aliphatic heterocycles. The summed E-state index contributed by atoms with van der Waals surface area (Å²) in [6.45, 7) is 16.7. The van der Waals surface area contributed by atoms with Crippen molar-refractivity contribution in [2.45, 2.75) is 53.5 Å². The highest BCUT2D eigenvalue weighted by Crippen LogP contribution is 2.23. The van der Waals surface area contributed by atoms with Gasteiger partial charge in [0.2, 0.25) is 0 Å². The van der Waals surface area contributed by atoms with Gasteiger partial charge in [0.1, 0.15) is 0 Å². The van der Waals surface area contributed by atoms with Gasteiger partial charge in [0, 0.05) is 12.6 Å². The molecule has 1 heterocycles. The second kappa shape index (κ2) is 7.38. The fourth-order valence-corrected chi connectivity index (χ4v) is 3.10. The molecule has 1 rings (SSSR count). The van der Waals surface area contributed by atoms with Crippen LogP contribution in [0.4, 0.5) is 0 Å². The van der Waals surface area contributed by atoms with Gasteiger partial charge in [0.15, 0.2) is 0 Å². The van der Waals surface area contributed by atoms with Gasteiger partial charge in [0.05, 0.1) is 0 Å². The third kappa shape index (κ3) is 4.97. The maximum atomic E-state index is 3.58. The van der Waals surface area contributed by atoms with Gasteiger partial charge >= 0.3 is 0 Å². The summed E-state index contributed by atoms with van der Waals surface area (Å²) in [7, 11) is 0. The average Bonchev–Trinajstić information content (AvgIpc) is 2.27. The summed E-state index contributed by atoms with van der Waals surface area (Å²) in [4.78, 5) is 2.68. The molecule has 0 aromatic carbocycles. The monoisotopic (exact) mass is 240 g/mol. The second-order valence-corrected chi connectivity index (χ2v) is 6.28. The number of piperidine rings is 1. The Morgan fingerprint density at radius 3 is 2.00 bits per heavy atom. The van der Waals surface area contributed by atoms with Crippen LogP contribution in [0, 0.1) is 17.8 Å². The minimum absolute atomic E-state index is 0.771. The Morgan fingerprint density at radius 1 is 1.06 bits per heavy atom. The average molecular weight is 240 g/mol. The molecule has 0 unspecified atom stereocenters. The Morgan fingerprint density at radius 2 is 1.59 bits per heavy atom. The second-order valence-electron chi connectivity index (χ2n) is 6.28. The van der Waals surface area contributed by atoms with Gasteiger partial charge in [-0.1, -0.05) is 34.6 Å². The Hall–Kier alpha value is -0.0800. The molecule has 1 aliphatic rings. The normalized spacial score (nSPS) is 19.8. The number of hydrogen-bond acceptors (Lipinski definition) is 2. The molecule has 0 atom stereocenters. The van der Waals surface area contributed by atoms with Crippen molar-refractivity contribution in [2.75, 3.05) is 26.2 Å². The topological polar surface area (TPSA) is 15.3 Å². The van der Waals surface area contributed by atoms with Crippen LogP contribution < -0.4 is 5.32 Å². The Balaban J connectivity index is 2.33. The van der Waals surface area contributed by atoms with E-state index in [1.807, 2.05) is 0 Å². The molecule has 1 saturated heterocycles. The maximum Gasteiger partial charge on any atom is 0.00912 e. The lowest BCUT2D eigenvalue weighted by Crippen LogP contribution is -2.45. The van der Waals surface area contributed by atoms with E-state index in [0.29, 0.717) is 0 Å². The lowest BCUT2D eigenvalue weighted by atomic mass is 9.84. The van der Waals surface area contributed by atoms with Crippen LogP contribution in [0.1, 0.15) is 47.5 Å². The van der Waals surface area contributed by atoms with Crippen LogP contribution in [0.3, 0.4) is 0 Å². The summed E-state index contributed by atoms with van der Waals surface area (Å²) in [5, 5.41) is 3.58. The van der Waals surface area contributed by atoms with Crippen LogP contribution in [0.2, 0.25) is 0 Å². The first-order valence-electron chi connectivity index (χ1n) is 7.50. The van der Waals surface area contributed by atoms with Crippen molar-refractivity contribution in [3.8, 4) is 0 Å². The van der Waals surface area contributed by atoms with Crippen molar-refractivity contribution >= 4 is 0 Å². The minimum atomic E-state index is 0.771. The van der Waals surface area contributed by atoms with E-state index in [1.165, 1.54) is 32.5 Å². The molecule has 1 N–H and O–H groups in total. The van der Waals surface area contributed by atoms with Crippen LogP contribution in [-0.2, 0) is 0 Å². The molecule has 0 bridgehead atoms. The molecule has 1 fully saturated rings. The van der Waals surface area contributed by atoms with E-state index in [4.69, 9.17) is 0 Å². The Kier molecular flexibility index (Phi) is 6.50. The molecule has 2 heteroatoms. The Bertz CT molecular complexity index is 185. The number of likely N-dealkylation sites (tertiary alicyclic amines) is 1. The highest BCUT2D eigenvalue weighted by Gasteiger charge is 2.24. The molecule has 0 aliphatic carbocycles. The van der Waals surface area contributed by atoms with E-state index >= 15 is 0 Å². The summed E-state index contributed by atoms with van der Waals surface area (Å²) in [5.74, 6) is 2.47. The smallest absolute Gasteiger partial charge is 0.00912 e. The molecule has 0 radical (unpaired) electrons. The molecule has 0 spiro atoms. The van der Waals surface area contributed by atoms with Crippen molar-refractivity contribution < 1.29 is 0 Å². The lowest BCUT2D eigenvalue weighted by Gasteiger charge is -2.37. The number of rotatable bonds is 6. The van der Waals surface area contributed by atoms with E-state index in [2.05, 4.69) is 44.8 Å². The summed E-state index contributed by atoms with van der Waals surface area (Å²) in [6, 6.07) is 0.771. The molecule has 2 nitrogen and oxygen atoms in total. The zero-order valence-corrected chi connectivity index (χ0v) is 12.5. The first-order chi connectivity index (χ1) is 8.04. The summed E-state index contributed by atoms with van der Waals surface area (Å²) in [6.07, 6.45) is 2.66. The van der Waals surface area contributed by atoms with Gasteiger partial charge < -0.3 is 10.2 Å². The van der Waals surface area contributed by atoms with Crippen LogP contribution in [0.25, 0.3) is 0 Å². The summed E-state index contributed by atoms with van der Waals surface area (Å²) in [5.41, 5.74) is 0. The number of nitrogens with one attached hydrogen (secondary N) is 1. The van der Waals surface area contributed by atoms with Gasteiger partial charge in [-0.25, -0.2) is 0 Å². The predicted molar refractivity (Wildman–Crippen MR) is 76.3 cm³/mol. The van der Waals surface area contributed by atoms with E-state index < -0.39 is 0 Å². The lowest BCUT2D eigenvalue weighted by molar-refractivity contribution is 0.133. The zero-order valence-electron chi connectivity index (χ0n) is 12.5. The number of nitrogens with zero attached hydrogens (tertiary/aromatic N) is 1. The fraction of sp³-hybridized carbons (Fsp3) is 1.00. The third-order valence-corrected chi connectivity index (χ3v) is 4.26. The third-order valence-electron chi connectivity index (χ3n) is 4.26. The van der Waals surface area contributed by atoms with Gasteiger partial charge in [-0.05, 0) is 50.2 Å². The van der Waals surface area contributed by atoms with Crippen molar-refractivity contribution in [1.29, 1.82) is 0 Å². The highest BCUT2D eigenvalue weighted by molar-refractivity contribution is 4.79. The molecule has 0 aromatic rings. The van der Waals surface area contributed by atoms with Gasteiger partial charge in [-0.2, -0.15) is 0 Å². The van der Waals surface area contributed by atoms with Crippen LogP contribution in [0.15, 0.2) is 0 Å². The van der Waals surface area contributed by atoms with Crippen LogP contribution >= 0.6 is 0 Å². The molecular formula is C15H32N2. The van der Waals surface area contributed by atoms with Crippen LogP contribution in [0.5, 0.6) is 0 Å². The van der Waals surface area contributed by atoms with Crippen molar-refractivity contribution in [2.24, 2.45) is 17.8 Å². The number of hydrogen-bond donors (Lipinski definition) is 1. The van der Waals surface area contributed by atoms with Gasteiger partial charge in [-0.3, -0.25) is 0 Å². The van der Waals surface area contributed by atoms with Gasteiger partial charge in [0.25, 0.3) is 0 Å². The van der Waals surface area contributed by atoms with Crippen molar-refractivity contribution in [3.05, 3.63) is 0 Å². The standard InChI is InChI=1S/C15H32N2/c1-6-16-14-7-9-17(10-8-14)11-15(12(2)3)13(4)5/h12-16H,6-11H2,1-5H3. The predicted octanol–water partition coefficient (Wildman–Crippen LogP) is 2.99. The molecule has 0 amide bonds. The van der Waals surface area contributed by atoms with Crippen molar-refractivity contribution in [3.63, 3.8) is 0 Å². The van der Waals surface area contributed by atoms with Crippen LogP contribution in [-0.4, -0.2) is 37.1 Å². The molecule has 17 heavy (non-hydrogen) atoms. The fourth-order valence-electron chi connectivity index (χ4n) is 3.10. The minimum Gasteiger partial charge on any atom is -0.314 e. The molecule has 102 valence electrons. The highest BCUT2D eigenvalue weighted by atomic mass is 15.1. The molecular weight excluding hydrogens is 208 g/mol.